The zero-order valence-corrected chi connectivity index (χ0v) is 22.0. The zero-order valence-electron chi connectivity index (χ0n) is 22.0. The molecule has 0 unspecified atom stereocenters. The fourth-order valence-electron chi connectivity index (χ4n) is 3.84. The van der Waals surface area contributed by atoms with E-state index in [4.69, 9.17) is 18.9 Å². The number of ether oxygens (including phenoxy) is 4. The molecule has 0 aromatic heterocycles. The standard InChI is InChI=1S/C31H30N2O6/c1-36-25-14-9-22(10-15-25)30(34)32-29(33-31(35)23-11-16-26(37-2)17-12-23)24-13-18-27(38-3)28(19-24)39-20-21-7-5-4-6-8-21/h4-19,29H,20H2,1-3H3,(H,32,34)(H,33,35). The molecule has 39 heavy (non-hydrogen) atoms. The van der Waals surface area contributed by atoms with Crippen molar-refractivity contribution in [3.8, 4) is 23.0 Å². The number of nitrogens with one attached hydrogen (secondary N) is 2. The van der Waals surface area contributed by atoms with Crippen LogP contribution in [-0.2, 0) is 6.61 Å². The molecule has 0 atom stereocenters. The molecule has 4 aromatic carbocycles. The van der Waals surface area contributed by atoms with Gasteiger partial charge in [0.05, 0.1) is 21.3 Å². The van der Waals surface area contributed by atoms with Crippen LogP contribution in [0.2, 0.25) is 0 Å². The Morgan fingerprint density at radius 2 is 1.18 bits per heavy atom. The van der Waals surface area contributed by atoms with Crippen LogP contribution in [0.1, 0.15) is 38.0 Å². The number of amides is 2. The van der Waals surface area contributed by atoms with Gasteiger partial charge in [0.25, 0.3) is 11.8 Å². The summed E-state index contributed by atoms with van der Waals surface area (Å²) < 4.78 is 21.9. The second kappa shape index (κ2) is 13.0. The Balaban J connectivity index is 1.62. The lowest BCUT2D eigenvalue weighted by Gasteiger charge is -2.22. The second-order valence-corrected chi connectivity index (χ2v) is 8.52. The molecule has 0 saturated carbocycles. The van der Waals surface area contributed by atoms with Gasteiger partial charge in [-0.2, -0.15) is 0 Å². The van der Waals surface area contributed by atoms with E-state index in [1.165, 1.54) is 0 Å². The largest absolute Gasteiger partial charge is 0.497 e. The average Bonchev–Trinajstić information content (AvgIpc) is 3.00. The fourth-order valence-corrected chi connectivity index (χ4v) is 3.84. The Bertz CT molecular complexity index is 1330. The van der Waals surface area contributed by atoms with Gasteiger partial charge in [-0.15, -0.1) is 0 Å². The Hall–Kier alpha value is -4.98. The van der Waals surface area contributed by atoms with Crippen LogP contribution in [0, 0.1) is 0 Å². The molecule has 4 aromatic rings. The van der Waals surface area contributed by atoms with Crippen LogP contribution < -0.4 is 29.6 Å². The van der Waals surface area contributed by atoms with E-state index < -0.39 is 6.17 Å². The minimum absolute atomic E-state index is 0.321. The maximum atomic E-state index is 13.2. The number of rotatable bonds is 11. The third-order valence-corrected chi connectivity index (χ3v) is 6.01. The zero-order chi connectivity index (χ0) is 27.6. The predicted octanol–water partition coefficient (Wildman–Crippen LogP) is 5.15. The molecule has 200 valence electrons. The molecule has 0 spiro atoms. The predicted molar refractivity (Wildman–Crippen MR) is 147 cm³/mol. The third kappa shape index (κ3) is 7.07. The molecule has 0 aliphatic heterocycles. The normalized spacial score (nSPS) is 10.5. The van der Waals surface area contributed by atoms with Gasteiger partial charge >= 0.3 is 0 Å². The highest BCUT2D eigenvalue weighted by atomic mass is 16.5. The minimum atomic E-state index is -0.876. The van der Waals surface area contributed by atoms with Gasteiger partial charge < -0.3 is 29.6 Å². The molecule has 0 saturated heterocycles. The van der Waals surface area contributed by atoms with E-state index in [1.54, 1.807) is 88.1 Å². The highest BCUT2D eigenvalue weighted by Crippen LogP contribution is 2.31. The molecule has 8 heteroatoms. The molecule has 4 rings (SSSR count). The van der Waals surface area contributed by atoms with Gasteiger partial charge in [0.15, 0.2) is 11.5 Å². The number of hydrogen-bond acceptors (Lipinski definition) is 6. The summed E-state index contributed by atoms with van der Waals surface area (Å²) >= 11 is 0. The first-order chi connectivity index (χ1) is 19.0. The molecule has 8 nitrogen and oxygen atoms in total. The summed E-state index contributed by atoms with van der Waals surface area (Å²) in [6.45, 7) is 0.321. The fraction of sp³-hybridized carbons (Fsp3) is 0.161. The molecule has 0 heterocycles. The molecule has 0 aliphatic rings. The van der Waals surface area contributed by atoms with E-state index in [9.17, 15) is 9.59 Å². The molecule has 0 radical (unpaired) electrons. The van der Waals surface area contributed by atoms with Gasteiger partial charge in [-0.3, -0.25) is 9.59 Å². The Morgan fingerprint density at radius 1 is 0.641 bits per heavy atom. The summed E-state index contributed by atoms with van der Waals surface area (Å²) in [5.41, 5.74) is 2.41. The topological polar surface area (TPSA) is 95.1 Å². The number of hydrogen-bond donors (Lipinski definition) is 2. The Kier molecular flexibility index (Phi) is 9.03. The SMILES string of the molecule is COc1ccc(C(=O)NC(NC(=O)c2ccc(OC)cc2)c2ccc(OC)c(OCc3ccccc3)c2)cc1. The molecular formula is C31H30N2O6. The maximum Gasteiger partial charge on any atom is 0.253 e. The Morgan fingerprint density at radius 3 is 1.67 bits per heavy atom. The first-order valence-electron chi connectivity index (χ1n) is 12.2. The van der Waals surface area contributed by atoms with E-state index >= 15 is 0 Å². The lowest BCUT2D eigenvalue weighted by atomic mass is 10.1. The third-order valence-electron chi connectivity index (χ3n) is 6.01. The minimum Gasteiger partial charge on any atom is -0.497 e. The molecule has 0 aliphatic carbocycles. The van der Waals surface area contributed by atoms with Crippen molar-refractivity contribution in [1.29, 1.82) is 0 Å². The van der Waals surface area contributed by atoms with Crippen molar-refractivity contribution in [3.63, 3.8) is 0 Å². The van der Waals surface area contributed by atoms with Crippen molar-refractivity contribution in [1.82, 2.24) is 10.6 Å². The molecule has 0 fully saturated rings. The molecule has 2 amide bonds. The van der Waals surface area contributed by atoms with Crippen molar-refractivity contribution in [2.24, 2.45) is 0 Å². The van der Waals surface area contributed by atoms with Gasteiger partial charge in [-0.25, -0.2) is 0 Å². The van der Waals surface area contributed by atoms with Crippen molar-refractivity contribution < 1.29 is 28.5 Å². The van der Waals surface area contributed by atoms with E-state index in [1.807, 2.05) is 30.3 Å². The number of carbonyl (C=O) groups is 2. The first-order valence-corrected chi connectivity index (χ1v) is 12.2. The van der Waals surface area contributed by atoms with Crippen LogP contribution >= 0.6 is 0 Å². The van der Waals surface area contributed by atoms with E-state index in [0.29, 0.717) is 46.3 Å². The van der Waals surface area contributed by atoms with Crippen molar-refractivity contribution in [2.75, 3.05) is 21.3 Å². The highest BCUT2D eigenvalue weighted by molar-refractivity contribution is 5.97. The lowest BCUT2D eigenvalue weighted by Crippen LogP contribution is -2.41. The highest BCUT2D eigenvalue weighted by Gasteiger charge is 2.21. The van der Waals surface area contributed by atoms with Gasteiger partial charge in [0.1, 0.15) is 24.3 Å². The van der Waals surface area contributed by atoms with Crippen molar-refractivity contribution in [2.45, 2.75) is 12.8 Å². The Labute approximate surface area is 227 Å². The van der Waals surface area contributed by atoms with Gasteiger partial charge in [-0.05, 0) is 71.8 Å². The van der Waals surface area contributed by atoms with E-state index in [2.05, 4.69) is 10.6 Å². The van der Waals surface area contributed by atoms with Crippen LogP contribution in [0.3, 0.4) is 0 Å². The van der Waals surface area contributed by atoms with Crippen LogP contribution in [0.15, 0.2) is 97.1 Å². The average molecular weight is 527 g/mol. The quantitative estimate of drug-likeness (QED) is 0.263. The summed E-state index contributed by atoms with van der Waals surface area (Å²) in [6, 6.07) is 28.4. The number of methoxy groups -OCH3 is 3. The van der Waals surface area contributed by atoms with Crippen LogP contribution in [0.25, 0.3) is 0 Å². The van der Waals surface area contributed by atoms with Crippen LogP contribution in [-0.4, -0.2) is 33.1 Å². The first kappa shape index (κ1) is 27.1. The van der Waals surface area contributed by atoms with Crippen molar-refractivity contribution >= 4 is 11.8 Å². The summed E-state index contributed by atoms with van der Waals surface area (Å²) in [6.07, 6.45) is -0.876. The molecule has 0 bridgehead atoms. The summed E-state index contributed by atoms with van der Waals surface area (Å²) in [5, 5.41) is 5.83. The van der Waals surface area contributed by atoms with Gasteiger partial charge in [0, 0.05) is 11.1 Å². The number of benzene rings is 4. The molecular weight excluding hydrogens is 496 g/mol. The van der Waals surface area contributed by atoms with Crippen LogP contribution in [0.4, 0.5) is 0 Å². The number of carbonyl (C=O) groups excluding carboxylic acids is 2. The lowest BCUT2D eigenvalue weighted by molar-refractivity contribution is 0.0883. The van der Waals surface area contributed by atoms with Crippen molar-refractivity contribution in [3.05, 3.63) is 119 Å². The van der Waals surface area contributed by atoms with E-state index in [-0.39, 0.29) is 11.8 Å². The van der Waals surface area contributed by atoms with Crippen LogP contribution in [0.5, 0.6) is 23.0 Å². The smallest absolute Gasteiger partial charge is 0.253 e. The van der Waals surface area contributed by atoms with E-state index in [0.717, 1.165) is 5.56 Å². The monoisotopic (exact) mass is 526 g/mol. The van der Waals surface area contributed by atoms with Gasteiger partial charge in [0.2, 0.25) is 0 Å². The second-order valence-electron chi connectivity index (χ2n) is 8.52. The maximum absolute atomic E-state index is 13.2. The molecule has 2 N–H and O–H groups in total. The van der Waals surface area contributed by atoms with Gasteiger partial charge in [-0.1, -0.05) is 36.4 Å². The summed E-state index contributed by atoms with van der Waals surface area (Å²) in [4.78, 5) is 26.3. The summed E-state index contributed by atoms with van der Waals surface area (Å²) in [5.74, 6) is 1.51. The summed E-state index contributed by atoms with van der Waals surface area (Å²) in [7, 11) is 4.67.